The monoisotopic (exact) mass is 339 g/mol. The summed E-state index contributed by atoms with van der Waals surface area (Å²) in [6.07, 6.45) is 1.27. The molecule has 7 nitrogen and oxygen atoms in total. The second-order valence-electron chi connectivity index (χ2n) is 4.13. The first kappa shape index (κ1) is 15.9. The van der Waals surface area contributed by atoms with Gasteiger partial charge in [0.25, 0.3) is 15.7 Å². The van der Waals surface area contributed by atoms with E-state index in [4.69, 9.17) is 11.6 Å². The Bertz CT molecular complexity index is 819. The Labute approximate surface area is 131 Å². The molecule has 0 aliphatic rings. The van der Waals surface area contributed by atoms with Crippen LogP contribution in [-0.4, -0.2) is 19.6 Å². The Morgan fingerprint density at radius 3 is 2.36 bits per heavy atom. The largest absolute Gasteiger partial charge is 0.276 e. The molecule has 1 N–H and O–H groups in total. The Kier molecular flexibility index (Phi) is 4.74. The molecule has 114 valence electrons. The van der Waals surface area contributed by atoms with Crippen LogP contribution in [0.25, 0.3) is 0 Å². The van der Waals surface area contributed by atoms with Crippen molar-refractivity contribution in [1.29, 1.82) is 0 Å². The summed E-state index contributed by atoms with van der Waals surface area (Å²) >= 11 is 5.91. The molecular formula is C13H10ClN3O4S. The number of sulfonamides is 1. The maximum Gasteiger partial charge on any atom is 0.276 e. The second-order valence-corrected chi connectivity index (χ2v) is 6.19. The molecular weight excluding hydrogens is 330 g/mol. The molecule has 0 heterocycles. The molecule has 0 atom stereocenters. The van der Waals surface area contributed by atoms with Gasteiger partial charge in [-0.05, 0) is 18.2 Å². The zero-order chi connectivity index (χ0) is 16.2. The van der Waals surface area contributed by atoms with Gasteiger partial charge < -0.3 is 0 Å². The first-order chi connectivity index (χ1) is 10.4. The van der Waals surface area contributed by atoms with Crippen LogP contribution in [0.5, 0.6) is 0 Å². The summed E-state index contributed by atoms with van der Waals surface area (Å²) in [5.74, 6) is 0. The minimum absolute atomic E-state index is 0.130. The van der Waals surface area contributed by atoms with Crippen molar-refractivity contribution in [3.63, 3.8) is 0 Å². The summed E-state index contributed by atoms with van der Waals surface area (Å²) in [5, 5.41) is 14.6. The van der Waals surface area contributed by atoms with Gasteiger partial charge in [0.2, 0.25) is 0 Å². The van der Waals surface area contributed by atoms with Gasteiger partial charge in [-0.25, -0.2) is 4.83 Å². The standard InChI is InChI=1S/C13H10ClN3O4S/c14-13-4-2-1-3-10(13)9-15-16-22(20,21)12-7-5-11(6-8-12)17(18)19/h1-9,16H/b15-9+. The minimum atomic E-state index is -3.90. The van der Waals surface area contributed by atoms with Crippen molar-refractivity contribution in [2.75, 3.05) is 0 Å². The molecule has 9 heteroatoms. The van der Waals surface area contributed by atoms with Crippen LogP contribution in [-0.2, 0) is 10.0 Å². The lowest BCUT2D eigenvalue weighted by molar-refractivity contribution is -0.384. The third kappa shape index (κ3) is 3.80. The fourth-order valence-electron chi connectivity index (χ4n) is 1.54. The molecule has 0 aromatic heterocycles. The van der Waals surface area contributed by atoms with E-state index in [9.17, 15) is 18.5 Å². The van der Waals surface area contributed by atoms with Crippen molar-refractivity contribution in [3.05, 3.63) is 69.2 Å². The average molecular weight is 340 g/mol. The molecule has 0 saturated carbocycles. The zero-order valence-corrected chi connectivity index (χ0v) is 12.6. The predicted octanol–water partition coefficient (Wildman–Crippen LogP) is 2.56. The average Bonchev–Trinajstić information content (AvgIpc) is 2.49. The van der Waals surface area contributed by atoms with Gasteiger partial charge >= 0.3 is 0 Å². The number of nitrogens with one attached hydrogen (secondary N) is 1. The maximum absolute atomic E-state index is 12.0. The topological polar surface area (TPSA) is 102 Å². The quantitative estimate of drug-likeness (QED) is 0.513. The van der Waals surface area contributed by atoms with Gasteiger partial charge in [-0.1, -0.05) is 29.8 Å². The van der Waals surface area contributed by atoms with Crippen molar-refractivity contribution in [2.45, 2.75) is 4.90 Å². The molecule has 0 unspecified atom stereocenters. The number of nitro benzene ring substituents is 1. The second kappa shape index (κ2) is 6.54. The molecule has 0 radical (unpaired) electrons. The number of nitrogens with zero attached hydrogens (tertiary/aromatic N) is 2. The van der Waals surface area contributed by atoms with Crippen LogP contribution in [0.15, 0.2) is 58.5 Å². The van der Waals surface area contributed by atoms with Gasteiger partial charge in [0, 0.05) is 22.7 Å². The van der Waals surface area contributed by atoms with Crippen molar-refractivity contribution in [1.82, 2.24) is 4.83 Å². The minimum Gasteiger partial charge on any atom is -0.258 e. The van der Waals surface area contributed by atoms with Crippen LogP contribution in [0, 0.1) is 10.1 Å². The molecule has 2 aromatic rings. The van der Waals surface area contributed by atoms with E-state index in [1.807, 2.05) is 4.83 Å². The Balaban J connectivity index is 2.14. The van der Waals surface area contributed by atoms with E-state index in [1.54, 1.807) is 24.3 Å². The number of rotatable bonds is 5. The highest BCUT2D eigenvalue weighted by Gasteiger charge is 2.14. The summed E-state index contributed by atoms with van der Waals surface area (Å²) in [5.41, 5.74) is 0.356. The molecule has 0 saturated heterocycles. The number of hydrazone groups is 1. The smallest absolute Gasteiger partial charge is 0.258 e. The van der Waals surface area contributed by atoms with E-state index in [0.717, 1.165) is 24.3 Å². The molecule has 0 aliphatic carbocycles. The van der Waals surface area contributed by atoms with Crippen molar-refractivity contribution in [3.8, 4) is 0 Å². The number of non-ortho nitro benzene ring substituents is 1. The SMILES string of the molecule is O=[N+]([O-])c1ccc(S(=O)(=O)N/N=C/c2ccccc2Cl)cc1. The first-order valence-electron chi connectivity index (χ1n) is 5.94. The lowest BCUT2D eigenvalue weighted by Crippen LogP contribution is -2.18. The highest BCUT2D eigenvalue weighted by atomic mass is 35.5. The van der Waals surface area contributed by atoms with Gasteiger partial charge in [0.05, 0.1) is 16.0 Å². The van der Waals surface area contributed by atoms with Crippen LogP contribution >= 0.6 is 11.6 Å². The number of benzene rings is 2. The summed E-state index contributed by atoms with van der Waals surface area (Å²) in [4.78, 5) is 11.8. The molecule has 0 fully saturated rings. The van der Waals surface area contributed by atoms with Crippen LogP contribution < -0.4 is 4.83 Å². The lowest BCUT2D eigenvalue weighted by atomic mass is 10.2. The molecule has 2 aromatic carbocycles. The van der Waals surface area contributed by atoms with Crippen molar-refractivity contribution >= 4 is 33.5 Å². The van der Waals surface area contributed by atoms with Gasteiger partial charge in [-0.15, -0.1) is 0 Å². The molecule has 0 amide bonds. The highest BCUT2D eigenvalue weighted by molar-refractivity contribution is 7.89. The fraction of sp³-hybridized carbons (Fsp3) is 0. The van der Waals surface area contributed by atoms with Gasteiger partial charge in [0.1, 0.15) is 0 Å². The number of hydrogen-bond donors (Lipinski definition) is 1. The molecule has 0 aliphatic heterocycles. The molecule has 0 bridgehead atoms. The number of nitro groups is 1. The van der Waals surface area contributed by atoms with Crippen LogP contribution in [0.1, 0.15) is 5.56 Å². The van der Waals surface area contributed by atoms with Crippen LogP contribution in [0.4, 0.5) is 5.69 Å². The zero-order valence-electron chi connectivity index (χ0n) is 11.0. The summed E-state index contributed by atoms with van der Waals surface area (Å²) < 4.78 is 23.9. The van der Waals surface area contributed by atoms with Crippen molar-refractivity contribution in [2.24, 2.45) is 5.10 Å². The van der Waals surface area contributed by atoms with Crippen LogP contribution in [0.3, 0.4) is 0 Å². The normalized spacial score (nSPS) is 11.5. The lowest BCUT2D eigenvalue weighted by Gasteiger charge is -2.03. The third-order valence-corrected chi connectivity index (χ3v) is 4.22. The van der Waals surface area contributed by atoms with E-state index in [2.05, 4.69) is 5.10 Å². The van der Waals surface area contributed by atoms with Gasteiger partial charge in [-0.2, -0.15) is 13.5 Å². The summed E-state index contributed by atoms with van der Waals surface area (Å²) in [6, 6.07) is 11.3. The Hall–Kier alpha value is -2.45. The third-order valence-electron chi connectivity index (χ3n) is 2.64. The molecule has 2 rings (SSSR count). The molecule has 22 heavy (non-hydrogen) atoms. The van der Waals surface area contributed by atoms with E-state index in [1.165, 1.54) is 6.21 Å². The van der Waals surface area contributed by atoms with Crippen LogP contribution in [0.2, 0.25) is 5.02 Å². The van der Waals surface area contributed by atoms with Crippen molar-refractivity contribution < 1.29 is 13.3 Å². The number of halogens is 1. The summed E-state index contributed by atoms with van der Waals surface area (Å²) in [6.45, 7) is 0. The van der Waals surface area contributed by atoms with E-state index in [0.29, 0.717) is 10.6 Å². The Morgan fingerprint density at radius 2 is 1.77 bits per heavy atom. The first-order valence-corrected chi connectivity index (χ1v) is 7.80. The predicted molar refractivity (Wildman–Crippen MR) is 82.5 cm³/mol. The highest BCUT2D eigenvalue weighted by Crippen LogP contribution is 2.16. The number of hydrogen-bond acceptors (Lipinski definition) is 5. The van der Waals surface area contributed by atoms with Gasteiger partial charge in [-0.3, -0.25) is 10.1 Å². The summed E-state index contributed by atoms with van der Waals surface area (Å²) in [7, 11) is -3.90. The van der Waals surface area contributed by atoms with E-state index >= 15 is 0 Å². The Morgan fingerprint density at radius 1 is 1.14 bits per heavy atom. The van der Waals surface area contributed by atoms with E-state index < -0.39 is 14.9 Å². The van der Waals surface area contributed by atoms with Gasteiger partial charge in [0.15, 0.2) is 0 Å². The molecule has 0 spiro atoms. The fourth-order valence-corrected chi connectivity index (χ4v) is 2.52. The van der Waals surface area contributed by atoms with E-state index in [-0.39, 0.29) is 10.6 Å². The maximum atomic E-state index is 12.0.